The third-order valence-corrected chi connectivity index (χ3v) is 4.26. The molecular weight excluding hydrogens is 322 g/mol. The number of hydrogen-bond acceptors (Lipinski definition) is 4. The molecular formula is C14H16BrN3O2. The van der Waals surface area contributed by atoms with Gasteiger partial charge in [0.2, 0.25) is 0 Å². The standard InChI is InChI=1S/C14H16BrN3O2/c1-13(2)7-14(11(19)18(3)12(16)17-14)9-6-8(15)4-5-10(9)20-13/h4-6H,7H2,1-3H3,(H2,16,17)/t14-/m1/s1. The summed E-state index contributed by atoms with van der Waals surface area (Å²) >= 11 is 3.44. The topological polar surface area (TPSA) is 67.9 Å². The fourth-order valence-electron chi connectivity index (χ4n) is 2.95. The van der Waals surface area contributed by atoms with Crippen LogP contribution in [0.2, 0.25) is 0 Å². The molecule has 0 bridgehead atoms. The highest BCUT2D eigenvalue weighted by Gasteiger charge is 2.55. The molecule has 106 valence electrons. The van der Waals surface area contributed by atoms with Crippen LogP contribution in [-0.4, -0.2) is 29.4 Å². The molecule has 1 amide bonds. The second kappa shape index (κ2) is 3.97. The van der Waals surface area contributed by atoms with Gasteiger partial charge in [0.1, 0.15) is 11.4 Å². The van der Waals surface area contributed by atoms with Crippen molar-refractivity contribution in [2.24, 2.45) is 10.7 Å². The van der Waals surface area contributed by atoms with E-state index in [1.54, 1.807) is 7.05 Å². The minimum Gasteiger partial charge on any atom is -0.487 e. The van der Waals surface area contributed by atoms with E-state index in [9.17, 15) is 4.79 Å². The molecule has 0 unspecified atom stereocenters. The van der Waals surface area contributed by atoms with Gasteiger partial charge in [-0.15, -0.1) is 0 Å². The first kappa shape index (κ1) is 13.4. The first-order valence-corrected chi connectivity index (χ1v) is 7.17. The molecule has 0 saturated heterocycles. The van der Waals surface area contributed by atoms with Crippen LogP contribution in [0.1, 0.15) is 25.8 Å². The second-order valence-corrected chi connectivity index (χ2v) is 6.79. The molecule has 0 aromatic heterocycles. The number of nitrogens with zero attached hydrogens (tertiary/aromatic N) is 2. The van der Waals surface area contributed by atoms with E-state index in [0.29, 0.717) is 12.2 Å². The number of rotatable bonds is 0. The molecule has 2 N–H and O–H groups in total. The summed E-state index contributed by atoms with van der Waals surface area (Å²) in [5, 5.41) is 0. The van der Waals surface area contributed by atoms with Gasteiger partial charge >= 0.3 is 0 Å². The van der Waals surface area contributed by atoms with E-state index in [0.717, 1.165) is 10.0 Å². The summed E-state index contributed by atoms with van der Waals surface area (Å²) in [4.78, 5) is 18.6. The molecule has 0 fully saturated rings. The number of halogens is 1. The molecule has 5 nitrogen and oxygen atoms in total. The van der Waals surface area contributed by atoms with Crippen LogP contribution in [0.5, 0.6) is 5.75 Å². The largest absolute Gasteiger partial charge is 0.487 e. The zero-order chi connectivity index (χ0) is 14.7. The average molecular weight is 338 g/mol. The minimum atomic E-state index is -0.973. The van der Waals surface area contributed by atoms with Crippen LogP contribution in [0.25, 0.3) is 0 Å². The molecule has 0 radical (unpaired) electrons. The van der Waals surface area contributed by atoms with E-state index in [2.05, 4.69) is 20.9 Å². The Hall–Kier alpha value is -1.56. The summed E-state index contributed by atoms with van der Waals surface area (Å²) in [7, 11) is 1.65. The molecule has 0 saturated carbocycles. The fraction of sp³-hybridized carbons (Fsp3) is 0.429. The van der Waals surface area contributed by atoms with E-state index in [1.807, 2.05) is 32.0 Å². The van der Waals surface area contributed by atoms with Crippen LogP contribution in [-0.2, 0) is 10.3 Å². The summed E-state index contributed by atoms with van der Waals surface area (Å²) in [5.41, 5.74) is 5.17. The van der Waals surface area contributed by atoms with Gasteiger partial charge in [0.25, 0.3) is 5.91 Å². The monoisotopic (exact) mass is 337 g/mol. The minimum absolute atomic E-state index is 0.106. The van der Waals surface area contributed by atoms with Crippen molar-refractivity contribution in [3.05, 3.63) is 28.2 Å². The number of benzene rings is 1. The zero-order valence-corrected chi connectivity index (χ0v) is 13.2. The van der Waals surface area contributed by atoms with Gasteiger partial charge in [-0.1, -0.05) is 15.9 Å². The van der Waals surface area contributed by atoms with Gasteiger partial charge < -0.3 is 10.5 Å². The van der Waals surface area contributed by atoms with Gasteiger partial charge in [0, 0.05) is 23.5 Å². The van der Waals surface area contributed by atoms with Crippen molar-refractivity contribution in [1.82, 2.24) is 4.90 Å². The molecule has 2 aliphatic heterocycles. The van der Waals surface area contributed by atoms with Crippen LogP contribution in [0, 0.1) is 0 Å². The lowest BCUT2D eigenvalue weighted by Crippen LogP contribution is -2.49. The SMILES string of the molecule is CN1C(=O)[C@]2(CC(C)(C)Oc3ccc(Br)cc32)N=C1N. The first-order chi connectivity index (χ1) is 9.25. The summed E-state index contributed by atoms with van der Waals surface area (Å²) in [5.74, 6) is 0.828. The highest BCUT2D eigenvalue weighted by molar-refractivity contribution is 9.10. The van der Waals surface area contributed by atoms with E-state index in [-0.39, 0.29) is 11.9 Å². The number of ether oxygens (including phenoxy) is 1. The zero-order valence-electron chi connectivity index (χ0n) is 11.6. The highest BCUT2D eigenvalue weighted by atomic mass is 79.9. The molecule has 2 heterocycles. The third-order valence-electron chi connectivity index (χ3n) is 3.76. The van der Waals surface area contributed by atoms with Gasteiger partial charge in [-0.3, -0.25) is 9.69 Å². The lowest BCUT2D eigenvalue weighted by atomic mass is 9.77. The Bertz CT molecular complexity index is 641. The lowest BCUT2D eigenvalue weighted by Gasteiger charge is -2.41. The van der Waals surface area contributed by atoms with Crippen molar-refractivity contribution < 1.29 is 9.53 Å². The number of carbonyl (C=O) groups excluding carboxylic acids is 1. The first-order valence-electron chi connectivity index (χ1n) is 6.38. The Morgan fingerprint density at radius 2 is 2.15 bits per heavy atom. The van der Waals surface area contributed by atoms with E-state index in [1.165, 1.54) is 4.90 Å². The highest BCUT2D eigenvalue weighted by Crippen LogP contribution is 2.49. The van der Waals surface area contributed by atoms with Crippen LogP contribution in [0.3, 0.4) is 0 Å². The molecule has 0 aliphatic carbocycles. The van der Waals surface area contributed by atoms with Crippen molar-refractivity contribution >= 4 is 27.8 Å². The number of carbonyl (C=O) groups is 1. The number of guanidine groups is 1. The normalized spacial score (nSPS) is 27.3. The number of fused-ring (bicyclic) bond motifs is 2. The van der Waals surface area contributed by atoms with Crippen LogP contribution in [0.15, 0.2) is 27.7 Å². The Kier molecular flexibility index (Phi) is 2.67. The third kappa shape index (κ3) is 1.74. The summed E-state index contributed by atoms with van der Waals surface area (Å²) in [6, 6.07) is 5.64. The predicted octanol–water partition coefficient (Wildman–Crippen LogP) is 1.99. The maximum absolute atomic E-state index is 12.7. The molecule has 1 atom stereocenters. The number of hydrogen-bond donors (Lipinski definition) is 1. The van der Waals surface area contributed by atoms with E-state index >= 15 is 0 Å². The molecule has 1 aromatic rings. The van der Waals surface area contributed by atoms with Crippen molar-refractivity contribution in [1.29, 1.82) is 0 Å². The fourth-order valence-corrected chi connectivity index (χ4v) is 3.31. The Morgan fingerprint density at radius 3 is 2.75 bits per heavy atom. The lowest BCUT2D eigenvalue weighted by molar-refractivity contribution is -0.133. The Labute approximate surface area is 125 Å². The summed E-state index contributed by atoms with van der Waals surface area (Å²) in [6.07, 6.45) is 0.466. The average Bonchev–Trinajstić information content (AvgIpc) is 2.55. The van der Waals surface area contributed by atoms with Gasteiger partial charge in [0.05, 0.1) is 0 Å². The van der Waals surface area contributed by atoms with Crippen molar-refractivity contribution in [2.45, 2.75) is 31.4 Å². The number of amides is 1. The summed E-state index contributed by atoms with van der Waals surface area (Å²) < 4.78 is 6.86. The van der Waals surface area contributed by atoms with Crippen molar-refractivity contribution in [3.8, 4) is 5.75 Å². The quantitative estimate of drug-likeness (QED) is 0.787. The number of likely N-dealkylation sites (N-methyl/N-ethyl adjacent to an activating group) is 1. The van der Waals surface area contributed by atoms with Crippen molar-refractivity contribution in [3.63, 3.8) is 0 Å². The van der Waals surface area contributed by atoms with Gasteiger partial charge in [-0.25, -0.2) is 4.99 Å². The second-order valence-electron chi connectivity index (χ2n) is 5.87. The van der Waals surface area contributed by atoms with E-state index < -0.39 is 11.1 Å². The maximum atomic E-state index is 12.7. The van der Waals surface area contributed by atoms with E-state index in [4.69, 9.17) is 10.5 Å². The van der Waals surface area contributed by atoms with Gasteiger partial charge in [-0.05, 0) is 32.0 Å². The number of nitrogens with two attached hydrogens (primary N) is 1. The van der Waals surface area contributed by atoms with Crippen molar-refractivity contribution in [2.75, 3.05) is 7.05 Å². The van der Waals surface area contributed by atoms with Gasteiger partial charge in [0.15, 0.2) is 11.5 Å². The van der Waals surface area contributed by atoms with Crippen LogP contribution in [0.4, 0.5) is 0 Å². The Morgan fingerprint density at radius 1 is 1.45 bits per heavy atom. The number of aliphatic imine (C=N–C) groups is 1. The molecule has 20 heavy (non-hydrogen) atoms. The maximum Gasteiger partial charge on any atom is 0.261 e. The Balaban J connectivity index is 2.27. The summed E-state index contributed by atoms with van der Waals surface area (Å²) in [6.45, 7) is 3.91. The molecule has 1 spiro atoms. The molecule has 3 rings (SSSR count). The molecule has 2 aliphatic rings. The van der Waals surface area contributed by atoms with Crippen LogP contribution >= 0.6 is 15.9 Å². The predicted molar refractivity (Wildman–Crippen MR) is 79.5 cm³/mol. The van der Waals surface area contributed by atoms with Crippen LogP contribution < -0.4 is 10.5 Å². The molecule has 6 heteroatoms. The smallest absolute Gasteiger partial charge is 0.261 e. The molecule has 1 aromatic carbocycles. The van der Waals surface area contributed by atoms with Gasteiger partial charge in [-0.2, -0.15) is 0 Å².